The molecule has 1 aromatic rings. The first-order valence-electron chi connectivity index (χ1n) is 5.21. The number of ether oxygens (including phenoxy) is 1. The van der Waals surface area contributed by atoms with Gasteiger partial charge < -0.3 is 9.84 Å². The van der Waals surface area contributed by atoms with Gasteiger partial charge in [-0.1, -0.05) is 24.3 Å². The number of aliphatic carboxylic acids is 1. The zero-order chi connectivity index (χ0) is 13.8. The number of halogens is 3. The molecule has 100 valence electrons. The Kier molecular flexibility index (Phi) is 4.72. The average molecular weight is 262 g/mol. The molecule has 6 heteroatoms. The molecular weight excluding hydrogens is 249 g/mol. The second-order valence-corrected chi connectivity index (χ2v) is 3.87. The molecule has 0 saturated carbocycles. The zero-order valence-electron chi connectivity index (χ0n) is 9.70. The largest absolute Gasteiger partial charge is 0.481 e. The van der Waals surface area contributed by atoms with Crippen LogP contribution in [0.5, 0.6) is 0 Å². The molecule has 1 aromatic carbocycles. The van der Waals surface area contributed by atoms with Gasteiger partial charge in [-0.05, 0) is 11.1 Å². The van der Waals surface area contributed by atoms with E-state index in [-0.39, 0.29) is 5.56 Å². The van der Waals surface area contributed by atoms with Gasteiger partial charge in [-0.25, -0.2) is 0 Å². The van der Waals surface area contributed by atoms with Crippen LogP contribution in [0.3, 0.4) is 0 Å². The molecule has 0 aliphatic carbocycles. The summed E-state index contributed by atoms with van der Waals surface area (Å²) in [5.41, 5.74) is 0.683. The summed E-state index contributed by atoms with van der Waals surface area (Å²) in [6.45, 7) is 0.301. The summed E-state index contributed by atoms with van der Waals surface area (Å²) >= 11 is 0. The maximum absolute atomic E-state index is 12.7. The second kappa shape index (κ2) is 5.86. The minimum absolute atomic E-state index is 0.0512. The monoisotopic (exact) mass is 262 g/mol. The first kappa shape index (κ1) is 14.5. The highest BCUT2D eigenvalue weighted by Crippen LogP contribution is 2.37. The number of benzene rings is 1. The van der Waals surface area contributed by atoms with Crippen LogP contribution >= 0.6 is 0 Å². The van der Waals surface area contributed by atoms with E-state index >= 15 is 0 Å². The lowest BCUT2D eigenvalue weighted by molar-refractivity contribution is -0.163. The van der Waals surface area contributed by atoms with Gasteiger partial charge >= 0.3 is 12.1 Å². The fourth-order valence-electron chi connectivity index (χ4n) is 1.61. The minimum Gasteiger partial charge on any atom is -0.481 e. The average Bonchev–Trinajstić information content (AvgIpc) is 2.26. The molecule has 0 saturated heterocycles. The third-order valence-electron chi connectivity index (χ3n) is 2.47. The molecule has 0 amide bonds. The number of rotatable bonds is 5. The van der Waals surface area contributed by atoms with E-state index in [0.29, 0.717) is 6.61 Å². The van der Waals surface area contributed by atoms with Crippen LogP contribution in [-0.2, 0) is 16.1 Å². The van der Waals surface area contributed by atoms with Crippen molar-refractivity contribution in [2.45, 2.75) is 25.1 Å². The van der Waals surface area contributed by atoms with Gasteiger partial charge in [0.2, 0.25) is 0 Å². The fraction of sp³-hybridized carbons (Fsp3) is 0.417. The smallest absolute Gasteiger partial charge is 0.396 e. The summed E-state index contributed by atoms with van der Waals surface area (Å²) in [5, 5.41) is 8.53. The van der Waals surface area contributed by atoms with Crippen LogP contribution < -0.4 is 0 Å². The van der Waals surface area contributed by atoms with Gasteiger partial charge in [0, 0.05) is 7.11 Å². The molecule has 0 fully saturated rings. The predicted octanol–water partition coefficient (Wildman–Crippen LogP) is 2.95. The summed E-state index contributed by atoms with van der Waals surface area (Å²) in [5.74, 6) is -3.45. The number of carboxylic acid groups (broad SMARTS) is 1. The maximum atomic E-state index is 12.7. The van der Waals surface area contributed by atoms with E-state index in [1.54, 1.807) is 0 Å². The lowest BCUT2D eigenvalue weighted by Crippen LogP contribution is -2.23. The summed E-state index contributed by atoms with van der Waals surface area (Å²) in [6.07, 6.45) is -5.53. The van der Waals surface area contributed by atoms with Crippen molar-refractivity contribution in [2.24, 2.45) is 0 Å². The third kappa shape index (κ3) is 4.03. The summed E-state index contributed by atoms with van der Waals surface area (Å²) < 4.78 is 43.0. The number of carbonyl (C=O) groups is 1. The molecule has 1 unspecified atom stereocenters. The molecule has 0 radical (unpaired) electrons. The van der Waals surface area contributed by atoms with Crippen molar-refractivity contribution in [1.29, 1.82) is 0 Å². The van der Waals surface area contributed by atoms with Crippen LogP contribution in [-0.4, -0.2) is 24.4 Å². The van der Waals surface area contributed by atoms with Crippen LogP contribution in [0.15, 0.2) is 24.3 Å². The lowest BCUT2D eigenvalue weighted by Gasteiger charge is -2.19. The molecule has 0 spiro atoms. The van der Waals surface area contributed by atoms with E-state index in [9.17, 15) is 18.0 Å². The number of hydrogen-bond donors (Lipinski definition) is 1. The Bertz CT molecular complexity index is 398. The molecule has 1 rings (SSSR count). The Morgan fingerprint density at radius 3 is 2.28 bits per heavy atom. The number of methoxy groups -OCH3 is 1. The number of carboxylic acids is 1. The molecule has 0 heterocycles. The Balaban J connectivity index is 2.95. The second-order valence-electron chi connectivity index (χ2n) is 3.87. The van der Waals surface area contributed by atoms with Gasteiger partial charge in [-0.15, -0.1) is 0 Å². The summed E-state index contributed by atoms with van der Waals surface area (Å²) in [4.78, 5) is 10.5. The Labute approximate surface area is 102 Å². The molecule has 0 aliphatic heterocycles. The van der Waals surface area contributed by atoms with E-state index < -0.39 is 24.5 Å². The van der Waals surface area contributed by atoms with Crippen molar-refractivity contribution in [3.8, 4) is 0 Å². The van der Waals surface area contributed by atoms with E-state index in [4.69, 9.17) is 9.84 Å². The standard InChI is InChI=1S/C12H13F3O3/c1-18-7-8-2-4-9(5-3-8)10(6-11(16)17)12(13,14)15/h2-5,10H,6-7H2,1H3,(H,16,17). The van der Waals surface area contributed by atoms with Crippen molar-refractivity contribution in [2.75, 3.05) is 7.11 Å². The highest BCUT2D eigenvalue weighted by molar-refractivity contribution is 5.68. The Morgan fingerprint density at radius 2 is 1.89 bits per heavy atom. The van der Waals surface area contributed by atoms with Gasteiger partial charge in [0.25, 0.3) is 0 Å². The molecule has 3 nitrogen and oxygen atoms in total. The highest BCUT2D eigenvalue weighted by Gasteiger charge is 2.41. The lowest BCUT2D eigenvalue weighted by atomic mass is 9.94. The molecule has 1 atom stereocenters. The van der Waals surface area contributed by atoms with Gasteiger partial charge in [0.05, 0.1) is 18.9 Å². The van der Waals surface area contributed by atoms with Gasteiger partial charge in [0.1, 0.15) is 0 Å². The van der Waals surface area contributed by atoms with Gasteiger partial charge in [0.15, 0.2) is 0 Å². The van der Waals surface area contributed by atoms with Crippen molar-refractivity contribution >= 4 is 5.97 Å². The first-order chi connectivity index (χ1) is 8.34. The molecule has 0 bridgehead atoms. The normalized spacial score (nSPS) is 13.3. The van der Waals surface area contributed by atoms with Crippen LogP contribution in [0.1, 0.15) is 23.5 Å². The fourth-order valence-corrected chi connectivity index (χ4v) is 1.61. The van der Waals surface area contributed by atoms with Gasteiger partial charge in [-0.3, -0.25) is 4.79 Å². The molecular formula is C12H13F3O3. The first-order valence-corrected chi connectivity index (χ1v) is 5.21. The van der Waals surface area contributed by atoms with Crippen LogP contribution in [0, 0.1) is 0 Å². The molecule has 18 heavy (non-hydrogen) atoms. The third-order valence-corrected chi connectivity index (χ3v) is 2.47. The number of hydrogen-bond acceptors (Lipinski definition) is 2. The highest BCUT2D eigenvalue weighted by atomic mass is 19.4. The molecule has 0 aliphatic rings. The van der Waals surface area contributed by atoms with Crippen molar-refractivity contribution < 1.29 is 27.8 Å². The van der Waals surface area contributed by atoms with E-state index in [1.807, 2.05) is 0 Å². The van der Waals surface area contributed by atoms with Gasteiger partial charge in [-0.2, -0.15) is 13.2 Å². The predicted molar refractivity (Wildman–Crippen MR) is 58.2 cm³/mol. The summed E-state index contributed by atoms with van der Waals surface area (Å²) in [7, 11) is 1.48. The quantitative estimate of drug-likeness (QED) is 0.887. The topological polar surface area (TPSA) is 46.5 Å². The van der Waals surface area contributed by atoms with Crippen LogP contribution in [0.2, 0.25) is 0 Å². The van der Waals surface area contributed by atoms with E-state index in [2.05, 4.69) is 0 Å². The zero-order valence-corrected chi connectivity index (χ0v) is 9.70. The van der Waals surface area contributed by atoms with Crippen molar-refractivity contribution in [3.05, 3.63) is 35.4 Å². The summed E-state index contributed by atoms with van der Waals surface area (Å²) in [6, 6.07) is 5.57. The maximum Gasteiger partial charge on any atom is 0.396 e. The Hall–Kier alpha value is -1.56. The van der Waals surface area contributed by atoms with Crippen LogP contribution in [0.4, 0.5) is 13.2 Å². The number of alkyl halides is 3. The van der Waals surface area contributed by atoms with E-state index in [0.717, 1.165) is 5.56 Å². The SMILES string of the molecule is COCc1ccc(C(CC(=O)O)C(F)(F)F)cc1. The van der Waals surface area contributed by atoms with E-state index in [1.165, 1.54) is 31.4 Å². The van der Waals surface area contributed by atoms with Crippen LogP contribution in [0.25, 0.3) is 0 Å². The Morgan fingerprint density at radius 1 is 1.33 bits per heavy atom. The minimum atomic E-state index is -4.57. The molecule has 0 aromatic heterocycles. The van der Waals surface area contributed by atoms with Crippen molar-refractivity contribution in [3.63, 3.8) is 0 Å². The van der Waals surface area contributed by atoms with Crippen molar-refractivity contribution in [1.82, 2.24) is 0 Å². The molecule has 1 N–H and O–H groups in total.